The van der Waals surface area contributed by atoms with Crippen molar-refractivity contribution >= 4 is 22.8 Å². The third-order valence-electron chi connectivity index (χ3n) is 3.86. The Bertz CT molecular complexity index is 860. The van der Waals surface area contributed by atoms with Gasteiger partial charge >= 0.3 is 0 Å². The van der Waals surface area contributed by atoms with E-state index in [9.17, 15) is 9.59 Å². The van der Waals surface area contributed by atoms with Crippen LogP contribution in [-0.2, 0) is 4.79 Å². The largest absolute Gasteiger partial charge is 0.351 e. The van der Waals surface area contributed by atoms with Gasteiger partial charge in [-0.1, -0.05) is 12.1 Å². The first kappa shape index (κ1) is 17.5. The number of hydrogen-bond donors (Lipinski definition) is 3. The van der Waals surface area contributed by atoms with Gasteiger partial charge in [-0.25, -0.2) is 9.97 Å². The van der Waals surface area contributed by atoms with Gasteiger partial charge in [0.2, 0.25) is 5.91 Å². The normalized spacial score (nSPS) is 11.9. The second-order valence-corrected chi connectivity index (χ2v) is 5.88. The molecule has 1 unspecified atom stereocenters. The number of nitrogens with one attached hydrogen (secondary N) is 3. The smallest absolute Gasteiger partial charge is 0.271 e. The Morgan fingerprint density at radius 3 is 2.85 bits per heavy atom. The molecule has 3 rings (SSSR count). The van der Waals surface area contributed by atoms with Crippen LogP contribution in [-0.4, -0.2) is 38.3 Å². The first-order valence-electron chi connectivity index (χ1n) is 8.41. The SMILES string of the molecule is CC(NC(=O)CCCNC(=O)c1cnccn1)c1nc2ccccc2[nH]1. The average Bonchev–Trinajstić information content (AvgIpc) is 3.10. The van der Waals surface area contributed by atoms with Gasteiger partial charge in [-0.2, -0.15) is 0 Å². The highest BCUT2D eigenvalue weighted by atomic mass is 16.2. The molecule has 0 saturated carbocycles. The molecule has 0 aliphatic heterocycles. The van der Waals surface area contributed by atoms with Crippen LogP contribution in [0.1, 0.15) is 42.1 Å². The Labute approximate surface area is 150 Å². The summed E-state index contributed by atoms with van der Waals surface area (Å²) in [6, 6.07) is 7.50. The Kier molecular flexibility index (Phi) is 5.52. The molecule has 0 radical (unpaired) electrons. The Balaban J connectivity index is 1.41. The zero-order valence-electron chi connectivity index (χ0n) is 14.4. The van der Waals surface area contributed by atoms with Crippen LogP contribution in [0, 0.1) is 0 Å². The van der Waals surface area contributed by atoms with E-state index in [0.717, 1.165) is 16.9 Å². The van der Waals surface area contributed by atoms with E-state index >= 15 is 0 Å². The number of amides is 2. The number of H-pyrrole nitrogens is 1. The van der Waals surface area contributed by atoms with Gasteiger partial charge in [0.25, 0.3) is 5.91 Å². The molecule has 3 aromatic rings. The lowest BCUT2D eigenvalue weighted by Gasteiger charge is -2.11. The van der Waals surface area contributed by atoms with Crippen LogP contribution < -0.4 is 10.6 Å². The Morgan fingerprint density at radius 2 is 2.08 bits per heavy atom. The molecule has 1 aromatic carbocycles. The molecule has 1 atom stereocenters. The Morgan fingerprint density at radius 1 is 1.23 bits per heavy atom. The summed E-state index contributed by atoms with van der Waals surface area (Å²) in [6.07, 6.45) is 5.21. The standard InChI is InChI=1S/C18H20N6O2/c1-12(17-23-13-5-2-3-6-14(13)24-17)22-16(25)7-4-8-21-18(26)15-11-19-9-10-20-15/h2-3,5-6,9-12H,4,7-8H2,1H3,(H,21,26)(H,22,25)(H,23,24). The van der Waals surface area contributed by atoms with Gasteiger partial charge in [-0.15, -0.1) is 0 Å². The molecule has 2 amide bonds. The fourth-order valence-corrected chi connectivity index (χ4v) is 2.52. The minimum Gasteiger partial charge on any atom is -0.351 e. The number of fused-ring (bicyclic) bond motifs is 1. The van der Waals surface area contributed by atoms with Crippen LogP contribution in [0.3, 0.4) is 0 Å². The molecule has 0 spiro atoms. The summed E-state index contributed by atoms with van der Waals surface area (Å²) in [4.78, 5) is 39.3. The van der Waals surface area contributed by atoms with Crippen molar-refractivity contribution in [3.8, 4) is 0 Å². The maximum absolute atomic E-state index is 12.1. The van der Waals surface area contributed by atoms with E-state index in [1.807, 2.05) is 31.2 Å². The highest BCUT2D eigenvalue weighted by Gasteiger charge is 2.13. The predicted octanol–water partition coefficient (Wildman–Crippen LogP) is 1.74. The van der Waals surface area contributed by atoms with Gasteiger partial charge in [-0.05, 0) is 25.5 Å². The number of rotatable bonds is 7. The average molecular weight is 352 g/mol. The summed E-state index contributed by atoms with van der Waals surface area (Å²) in [5.74, 6) is 0.330. The van der Waals surface area contributed by atoms with Gasteiger partial charge in [0, 0.05) is 25.4 Å². The second kappa shape index (κ2) is 8.19. The molecule has 26 heavy (non-hydrogen) atoms. The summed E-state index contributed by atoms with van der Waals surface area (Å²) in [6.45, 7) is 2.27. The van der Waals surface area contributed by atoms with Crippen molar-refractivity contribution in [1.29, 1.82) is 0 Å². The van der Waals surface area contributed by atoms with Gasteiger partial charge in [0.05, 0.1) is 23.3 Å². The van der Waals surface area contributed by atoms with E-state index in [1.165, 1.54) is 18.6 Å². The number of benzene rings is 1. The van der Waals surface area contributed by atoms with Crippen LogP contribution >= 0.6 is 0 Å². The second-order valence-electron chi connectivity index (χ2n) is 5.88. The fourth-order valence-electron chi connectivity index (χ4n) is 2.52. The molecule has 8 heteroatoms. The number of aromatic nitrogens is 4. The summed E-state index contributed by atoms with van der Waals surface area (Å²) >= 11 is 0. The first-order chi connectivity index (χ1) is 12.6. The summed E-state index contributed by atoms with van der Waals surface area (Å²) in [7, 11) is 0. The van der Waals surface area contributed by atoms with E-state index in [0.29, 0.717) is 19.4 Å². The highest BCUT2D eigenvalue weighted by molar-refractivity contribution is 5.91. The first-order valence-corrected chi connectivity index (χ1v) is 8.41. The maximum atomic E-state index is 12.1. The molecule has 0 aliphatic carbocycles. The number of carbonyl (C=O) groups excluding carboxylic acids is 2. The van der Waals surface area contributed by atoms with Crippen molar-refractivity contribution in [3.63, 3.8) is 0 Å². The molecular formula is C18H20N6O2. The quantitative estimate of drug-likeness (QED) is 0.561. The minimum absolute atomic E-state index is 0.0910. The van der Waals surface area contributed by atoms with Crippen LogP contribution in [0.2, 0.25) is 0 Å². The molecule has 0 aliphatic rings. The van der Waals surface area contributed by atoms with Crippen LogP contribution in [0.15, 0.2) is 42.9 Å². The Hall–Kier alpha value is -3.29. The van der Waals surface area contributed by atoms with Crippen molar-refractivity contribution in [3.05, 3.63) is 54.4 Å². The van der Waals surface area contributed by atoms with E-state index in [2.05, 4.69) is 30.6 Å². The summed E-state index contributed by atoms with van der Waals surface area (Å²) in [5.41, 5.74) is 2.07. The molecular weight excluding hydrogens is 332 g/mol. The summed E-state index contributed by atoms with van der Waals surface area (Å²) in [5, 5.41) is 5.63. The molecule has 2 aromatic heterocycles. The summed E-state index contributed by atoms with van der Waals surface area (Å²) < 4.78 is 0. The number of carbonyl (C=O) groups is 2. The third kappa shape index (κ3) is 4.41. The molecule has 0 bridgehead atoms. The molecule has 2 heterocycles. The van der Waals surface area contributed by atoms with Crippen molar-refractivity contribution in [2.45, 2.75) is 25.8 Å². The van der Waals surface area contributed by atoms with E-state index in [4.69, 9.17) is 0 Å². The fraction of sp³-hybridized carbons (Fsp3) is 0.278. The van der Waals surface area contributed by atoms with Crippen molar-refractivity contribution in [2.75, 3.05) is 6.54 Å². The predicted molar refractivity (Wildman–Crippen MR) is 96.3 cm³/mol. The van der Waals surface area contributed by atoms with Gasteiger partial charge in [-0.3, -0.25) is 14.6 Å². The number of hydrogen-bond acceptors (Lipinski definition) is 5. The van der Waals surface area contributed by atoms with Gasteiger partial charge in [0.1, 0.15) is 11.5 Å². The van der Waals surface area contributed by atoms with Crippen molar-refractivity contribution in [1.82, 2.24) is 30.6 Å². The van der Waals surface area contributed by atoms with Crippen molar-refractivity contribution < 1.29 is 9.59 Å². The van der Waals surface area contributed by atoms with Crippen LogP contribution in [0.4, 0.5) is 0 Å². The number of aromatic amines is 1. The topological polar surface area (TPSA) is 113 Å². The third-order valence-corrected chi connectivity index (χ3v) is 3.86. The lowest BCUT2D eigenvalue weighted by atomic mass is 10.2. The molecule has 0 fully saturated rings. The monoisotopic (exact) mass is 352 g/mol. The number of para-hydroxylation sites is 2. The highest BCUT2D eigenvalue weighted by Crippen LogP contribution is 2.15. The van der Waals surface area contributed by atoms with E-state index < -0.39 is 0 Å². The maximum Gasteiger partial charge on any atom is 0.271 e. The zero-order valence-corrected chi connectivity index (χ0v) is 14.4. The lowest BCUT2D eigenvalue weighted by Crippen LogP contribution is -2.29. The number of imidazole rings is 1. The van der Waals surface area contributed by atoms with Gasteiger partial charge in [0.15, 0.2) is 0 Å². The number of nitrogens with zero attached hydrogens (tertiary/aromatic N) is 3. The molecule has 3 N–H and O–H groups in total. The van der Waals surface area contributed by atoms with Crippen LogP contribution in [0.5, 0.6) is 0 Å². The molecule has 8 nitrogen and oxygen atoms in total. The van der Waals surface area contributed by atoms with E-state index in [1.54, 1.807) is 0 Å². The molecule has 134 valence electrons. The van der Waals surface area contributed by atoms with Gasteiger partial charge < -0.3 is 15.6 Å². The molecule has 0 saturated heterocycles. The van der Waals surface area contributed by atoms with Crippen molar-refractivity contribution in [2.24, 2.45) is 0 Å². The zero-order chi connectivity index (χ0) is 18.4. The lowest BCUT2D eigenvalue weighted by molar-refractivity contribution is -0.121. The van der Waals surface area contributed by atoms with E-state index in [-0.39, 0.29) is 23.6 Å². The minimum atomic E-state index is -0.297. The van der Waals surface area contributed by atoms with Crippen LogP contribution in [0.25, 0.3) is 11.0 Å².